The third-order valence-corrected chi connectivity index (χ3v) is 4.20. The first kappa shape index (κ1) is 11.6. The maximum Gasteiger partial charge on any atom is 0.224 e. The number of nitrogens with one attached hydrogen (secondary N) is 1. The van der Waals surface area contributed by atoms with Crippen LogP contribution in [0.4, 0.5) is 0 Å². The van der Waals surface area contributed by atoms with Gasteiger partial charge < -0.3 is 5.32 Å². The van der Waals surface area contributed by atoms with E-state index in [1.165, 1.54) is 5.56 Å². The molecule has 0 spiro atoms. The summed E-state index contributed by atoms with van der Waals surface area (Å²) in [5.74, 6) is 0.131. The standard InChI is InChI=1S/C13H16BrNO/c1-10-4-2-3-5-11(10)8-12(16)15-13(9-14)6-7-13/h2-5H,6-9H2,1H3,(H,15,16). The summed E-state index contributed by atoms with van der Waals surface area (Å²) in [6.07, 6.45) is 2.68. The number of hydrogen-bond donors (Lipinski definition) is 1. The number of carbonyl (C=O) groups is 1. The largest absolute Gasteiger partial charge is 0.350 e. The fourth-order valence-electron chi connectivity index (χ4n) is 1.76. The van der Waals surface area contributed by atoms with E-state index in [0.717, 1.165) is 23.7 Å². The molecule has 16 heavy (non-hydrogen) atoms. The van der Waals surface area contributed by atoms with Crippen LogP contribution in [0.3, 0.4) is 0 Å². The summed E-state index contributed by atoms with van der Waals surface area (Å²) in [6.45, 7) is 2.04. The van der Waals surface area contributed by atoms with Gasteiger partial charge in [0.15, 0.2) is 0 Å². The number of carbonyl (C=O) groups excluding carboxylic acids is 1. The molecular formula is C13H16BrNO. The molecule has 1 aromatic rings. The predicted molar refractivity (Wildman–Crippen MR) is 68.8 cm³/mol. The van der Waals surface area contributed by atoms with E-state index in [-0.39, 0.29) is 11.4 Å². The van der Waals surface area contributed by atoms with Gasteiger partial charge in [-0.1, -0.05) is 40.2 Å². The summed E-state index contributed by atoms with van der Waals surface area (Å²) >= 11 is 3.45. The minimum absolute atomic E-state index is 0.0553. The molecule has 0 heterocycles. The second-order valence-corrected chi connectivity index (χ2v) is 5.13. The lowest BCUT2D eigenvalue weighted by atomic mass is 10.1. The third kappa shape index (κ3) is 2.64. The van der Waals surface area contributed by atoms with Gasteiger partial charge in [-0.05, 0) is 30.9 Å². The fourth-order valence-corrected chi connectivity index (χ4v) is 2.47. The SMILES string of the molecule is Cc1ccccc1CC(=O)NC1(CBr)CC1. The van der Waals surface area contributed by atoms with E-state index in [1.807, 2.05) is 31.2 Å². The zero-order valence-electron chi connectivity index (χ0n) is 9.42. The van der Waals surface area contributed by atoms with Crippen molar-refractivity contribution in [1.29, 1.82) is 0 Å². The van der Waals surface area contributed by atoms with Gasteiger partial charge in [0.05, 0.1) is 6.42 Å². The van der Waals surface area contributed by atoms with Crippen LogP contribution in [-0.4, -0.2) is 16.8 Å². The molecule has 0 aliphatic heterocycles. The molecule has 1 saturated carbocycles. The van der Waals surface area contributed by atoms with E-state index in [9.17, 15) is 4.79 Å². The van der Waals surface area contributed by atoms with Crippen LogP contribution in [0.2, 0.25) is 0 Å². The monoisotopic (exact) mass is 281 g/mol. The first-order valence-corrected chi connectivity index (χ1v) is 6.69. The Balaban J connectivity index is 1.95. The molecule has 1 fully saturated rings. The highest BCUT2D eigenvalue weighted by molar-refractivity contribution is 9.09. The lowest BCUT2D eigenvalue weighted by molar-refractivity contribution is -0.121. The van der Waals surface area contributed by atoms with Crippen LogP contribution >= 0.6 is 15.9 Å². The zero-order chi connectivity index (χ0) is 11.6. The maximum atomic E-state index is 11.8. The minimum atomic E-state index is 0.0553. The Bertz CT molecular complexity index is 399. The van der Waals surface area contributed by atoms with Crippen LogP contribution in [0, 0.1) is 6.92 Å². The summed E-state index contributed by atoms with van der Waals surface area (Å²) in [5, 5.41) is 3.97. The molecule has 0 aromatic heterocycles. The average molecular weight is 282 g/mol. The normalized spacial score (nSPS) is 16.9. The summed E-state index contributed by atoms with van der Waals surface area (Å²) in [7, 11) is 0. The third-order valence-electron chi connectivity index (χ3n) is 3.13. The van der Waals surface area contributed by atoms with Gasteiger partial charge in [-0.25, -0.2) is 0 Å². The number of halogens is 1. The number of hydrogen-bond acceptors (Lipinski definition) is 1. The van der Waals surface area contributed by atoms with Crippen LogP contribution < -0.4 is 5.32 Å². The quantitative estimate of drug-likeness (QED) is 0.845. The molecule has 1 aromatic carbocycles. The van der Waals surface area contributed by atoms with Gasteiger partial charge in [0, 0.05) is 10.9 Å². The molecule has 0 bridgehead atoms. The Morgan fingerprint density at radius 1 is 1.44 bits per heavy atom. The van der Waals surface area contributed by atoms with Gasteiger partial charge in [-0.15, -0.1) is 0 Å². The van der Waals surface area contributed by atoms with Crippen molar-refractivity contribution in [3.05, 3.63) is 35.4 Å². The van der Waals surface area contributed by atoms with Crippen molar-refractivity contribution in [3.8, 4) is 0 Å². The lowest BCUT2D eigenvalue weighted by Crippen LogP contribution is -2.39. The molecular weight excluding hydrogens is 266 g/mol. The number of aryl methyl sites for hydroxylation is 1. The average Bonchev–Trinajstić information content (AvgIpc) is 3.02. The molecule has 2 nitrogen and oxygen atoms in total. The van der Waals surface area contributed by atoms with Gasteiger partial charge in [-0.3, -0.25) is 4.79 Å². The van der Waals surface area contributed by atoms with Gasteiger partial charge in [0.25, 0.3) is 0 Å². The molecule has 1 N–H and O–H groups in total. The van der Waals surface area contributed by atoms with Crippen molar-refractivity contribution in [1.82, 2.24) is 5.32 Å². The van der Waals surface area contributed by atoms with E-state index in [4.69, 9.17) is 0 Å². The van der Waals surface area contributed by atoms with E-state index in [0.29, 0.717) is 6.42 Å². The van der Waals surface area contributed by atoms with Crippen LogP contribution in [0.15, 0.2) is 24.3 Å². The number of amides is 1. The Morgan fingerprint density at radius 2 is 2.12 bits per heavy atom. The van der Waals surface area contributed by atoms with Gasteiger partial charge in [-0.2, -0.15) is 0 Å². The highest BCUT2D eigenvalue weighted by atomic mass is 79.9. The lowest BCUT2D eigenvalue weighted by Gasteiger charge is -2.14. The molecule has 86 valence electrons. The van der Waals surface area contributed by atoms with Crippen LogP contribution in [0.1, 0.15) is 24.0 Å². The second kappa shape index (κ2) is 4.58. The predicted octanol–water partition coefficient (Wildman–Crippen LogP) is 2.58. The molecule has 0 atom stereocenters. The van der Waals surface area contributed by atoms with Crippen LogP contribution in [-0.2, 0) is 11.2 Å². The first-order chi connectivity index (χ1) is 7.65. The smallest absolute Gasteiger partial charge is 0.224 e. The minimum Gasteiger partial charge on any atom is -0.350 e. The summed E-state index contributed by atoms with van der Waals surface area (Å²) < 4.78 is 0. The number of benzene rings is 1. The van der Waals surface area contributed by atoms with Gasteiger partial charge in [0.2, 0.25) is 5.91 Å². The van der Waals surface area contributed by atoms with Gasteiger partial charge in [0.1, 0.15) is 0 Å². The topological polar surface area (TPSA) is 29.1 Å². The molecule has 3 heteroatoms. The fraction of sp³-hybridized carbons (Fsp3) is 0.462. The molecule has 1 aliphatic rings. The summed E-state index contributed by atoms with van der Waals surface area (Å²) in [4.78, 5) is 11.8. The van der Waals surface area contributed by atoms with Crippen molar-refractivity contribution < 1.29 is 4.79 Å². The molecule has 0 radical (unpaired) electrons. The first-order valence-electron chi connectivity index (χ1n) is 5.57. The Hall–Kier alpha value is -0.830. The Morgan fingerprint density at radius 3 is 2.69 bits per heavy atom. The van der Waals surface area contributed by atoms with Gasteiger partial charge >= 0.3 is 0 Å². The van der Waals surface area contributed by atoms with E-state index >= 15 is 0 Å². The molecule has 2 rings (SSSR count). The van der Waals surface area contributed by atoms with Crippen molar-refractivity contribution >= 4 is 21.8 Å². The second-order valence-electron chi connectivity index (χ2n) is 4.57. The molecule has 0 saturated heterocycles. The molecule has 1 aliphatic carbocycles. The van der Waals surface area contributed by atoms with Crippen molar-refractivity contribution in [2.45, 2.75) is 31.7 Å². The van der Waals surface area contributed by atoms with Crippen molar-refractivity contribution in [2.75, 3.05) is 5.33 Å². The van der Waals surface area contributed by atoms with Crippen LogP contribution in [0.5, 0.6) is 0 Å². The summed E-state index contributed by atoms with van der Waals surface area (Å²) in [6, 6.07) is 8.03. The van der Waals surface area contributed by atoms with E-state index in [2.05, 4.69) is 21.2 Å². The Kier molecular flexibility index (Phi) is 3.33. The zero-order valence-corrected chi connectivity index (χ0v) is 11.0. The highest BCUT2D eigenvalue weighted by Crippen LogP contribution is 2.36. The highest BCUT2D eigenvalue weighted by Gasteiger charge is 2.42. The van der Waals surface area contributed by atoms with E-state index in [1.54, 1.807) is 0 Å². The van der Waals surface area contributed by atoms with Crippen LogP contribution in [0.25, 0.3) is 0 Å². The summed E-state index contributed by atoms with van der Waals surface area (Å²) in [5.41, 5.74) is 2.35. The van der Waals surface area contributed by atoms with Crippen molar-refractivity contribution in [3.63, 3.8) is 0 Å². The maximum absolute atomic E-state index is 11.8. The molecule has 1 amide bonds. The van der Waals surface area contributed by atoms with Crippen molar-refractivity contribution in [2.24, 2.45) is 0 Å². The Labute approximate surface area is 105 Å². The molecule has 0 unspecified atom stereocenters. The van der Waals surface area contributed by atoms with E-state index < -0.39 is 0 Å². The number of alkyl halides is 1. The number of rotatable bonds is 4.